The van der Waals surface area contributed by atoms with Gasteiger partial charge < -0.3 is 5.73 Å². The first-order valence-corrected chi connectivity index (χ1v) is 6.63. The second-order valence-corrected chi connectivity index (χ2v) is 5.26. The molecule has 0 bridgehead atoms. The van der Waals surface area contributed by atoms with Crippen LogP contribution >= 0.6 is 15.9 Å². The highest BCUT2D eigenvalue weighted by Gasteiger charge is 2.31. The Morgan fingerprint density at radius 3 is 2.57 bits per heavy atom. The molecular formula is C13H8BrF3N4. The number of halogens is 4. The third-order valence-corrected chi connectivity index (χ3v) is 3.65. The van der Waals surface area contributed by atoms with Crippen LogP contribution in [0.3, 0.4) is 0 Å². The number of nitrogens with zero attached hydrogens (tertiary/aromatic N) is 3. The molecule has 0 amide bonds. The fourth-order valence-corrected chi connectivity index (χ4v) is 2.39. The molecule has 2 heterocycles. The lowest BCUT2D eigenvalue weighted by atomic mass is 10.1. The molecule has 21 heavy (non-hydrogen) atoms. The number of pyridine rings is 1. The summed E-state index contributed by atoms with van der Waals surface area (Å²) in [6.45, 7) is 0. The summed E-state index contributed by atoms with van der Waals surface area (Å²) in [5, 5.41) is 7.88. The van der Waals surface area contributed by atoms with Gasteiger partial charge in [0.1, 0.15) is 0 Å². The molecule has 1 aromatic carbocycles. The van der Waals surface area contributed by atoms with E-state index in [2.05, 4.69) is 26.1 Å². The van der Waals surface area contributed by atoms with Gasteiger partial charge in [-0.25, -0.2) is 0 Å². The van der Waals surface area contributed by atoms with E-state index in [0.29, 0.717) is 21.4 Å². The minimum Gasteiger partial charge on any atom is -0.398 e. The zero-order valence-electron chi connectivity index (χ0n) is 10.4. The highest BCUT2D eigenvalue weighted by atomic mass is 79.9. The normalized spacial score (nSPS) is 12.0. The molecule has 8 heteroatoms. The van der Waals surface area contributed by atoms with E-state index in [-0.39, 0.29) is 5.82 Å². The van der Waals surface area contributed by atoms with Crippen molar-refractivity contribution >= 4 is 27.3 Å². The fraction of sp³-hybridized carbons (Fsp3) is 0.0769. The monoisotopic (exact) mass is 356 g/mol. The molecule has 0 atom stereocenters. The summed E-state index contributed by atoms with van der Waals surface area (Å²) in [5.74, 6) is 0.287. The van der Waals surface area contributed by atoms with Crippen molar-refractivity contribution in [3.05, 3.63) is 46.6 Å². The molecule has 0 radical (unpaired) electrons. The van der Waals surface area contributed by atoms with Gasteiger partial charge in [-0.05, 0) is 30.3 Å². The van der Waals surface area contributed by atoms with Gasteiger partial charge in [-0.15, -0.1) is 10.2 Å². The van der Waals surface area contributed by atoms with Crippen molar-refractivity contribution in [2.75, 3.05) is 5.73 Å². The van der Waals surface area contributed by atoms with Crippen LogP contribution in [0.1, 0.15) is 5.56 Å². The summed E-state index contributed by atoms with van der Waals surface area (Å²) >= 11 is 3.24. The fourth-order valence-electron chi connectivity index (χ4n) is 1.96. The summed E-state index contributed by atoms with van der Waals surface area (Å²) in [5.41, 5.74) is 6.21. The summed E-state index contributed by atoms with van der Waals surface area (Å²) in [6, 6.07) is 6.67. The van der Waals surface area contributed by atoms with Crippen molar-refractivity contribution in [2.45, 2.75) is 6.18 Å². The first-order valence-electron chi connectivity index (χ1n) is 5.83. The number of aromatic nitrogens is 3. The maximum Gasteiger partial charge on any atom is 0.416 e. The van der Waals surface area contributed by atoms with Crippen LogP contribution in [0, 0.1) is 0 Å². The second-order valence-electron chi connectivity index (χ2n) is 4.41. The van der Waals surface area contributed by atoms with E-state index >= 15 is 0 Å². The number of nitrogens with two attached hydrogens (primary N) is 1. The molecule has 2 aromatic heterocycles. The third kappa shape index (κ3) is 2.46. The maximum atomic E-state index is 12.8. The zero-order valence-corrected chi connectivity index (χ0v) is 12.0. The van der Waals surface area contributed by atoms with Crippen molar-refractivity contribution in [2.24, 2.45) is 0 Å². The molecule has 4 nitrogen and oxygen atoms in total. The lowest BCUT2D eigenvalue weighted by Gasteiger charge is -2.10. The van der Waals surface area contributed by atoms with Crippen molar-refractivity contribution in [3.8, 4) is 11.4 Å². The average Bonchev–Trinajstić information content (AvgIpc) is 2.80. The molecule has 0 aliphatic carbocycles. The summed E-state index contributed by atoms with van der Waals surface area (Å²) in [4.78, 5) is 0. The molecule has 0 unspecified atom stereocenters. The van der Waals surface area contributed by atoms with Gasteiger partial charge >= 0.3 is 6.18 Å². The number of fused-ring (bicyclic) bond motifs is 1. The van der Waals surface area contributed by atoms with Gasteiger partial charge in [-0.1, -0.05) is 15.9 Å². The zero-order chi connectivity index (χ0) is 15.2. The number of alkyl halides is 3. The standard InChI is InChI=1S/C13H8BrF3N4/c14-10-3-1-7(13(15,16)17)5-9(10)12-20-19-11-4-2-8(18)6-21(11)12/h1-6H,18H2. The number of hydrogen-bond donors (Lipinski definition) is 1. The van der Waals surface area contributed by atoms with Gasteiger partial charge in [0.05, 0.1) is 5.56 Å². The van der Waals surface area contributed by atoms with Gasteiger partial charge in [-0.3, -0.25) is 4.40 Å². The van der Waals surface area contributed by atoms with E-state index in [1.165, 1.54) is 6.07 Å². The van der Waals surface area contributed by atoms with Crippen molar-refractivity contribution in [3.63, 3.8) is 0 Å². The van der Waals surface area contributed by atoms with E-state index in [4.69, 9.17) is 5.73 Å². The van der Waals surface area contributed by atoms with Crippen LogP contribution in [0.5, 0.6) is 0 Å². The molecule has 0 saturated heterocycles. The highest BCUT2D eigenvalue weighted by Crippen LogP contribution is 2.35. The van der Waals surface area contributed by atoms with Gasteiger partial charge in [0, 0.05) is 21.9 Å². The summed E-state index contributed by atoms with van der Waals surface area (Å²) in [6.07, 6.45) is -2.85. The number of rotatable bonds is 1. The lowest BCUT2D eigenvalue weighted by Crippen LogP contribution is -2.05. The van der Waals surface area contributed by atoms with Gasteiger partial charge in [0.25, 0.3) is 0 Å². The maximum absolute atomic E-state index is 12.8. The summed E-state index contributed by atoms with van der Waals surface area (Å²) < 4.78 is 40.6. The molecule has 3 aromatic rings. The minimum atomic E-state index is -4.42. The Kier molecular flexibility index (Phi) is 3.12. The first kappa shape index (κ1) is 13.9. The minimum absolute atomic E-state index is 0.287. The van der Waals surface area contributed by atoms with E-state index < -0.39 is 11.7 Å². The quantitative estimate of drug-likeness (QED) is 0.722. The Balaban J connectivity index is 2.25. The molecule has 108 valence electrons. The van der Waals surface area contributed by atoms with Crippen molar-refractivity contribution < 1.29 is 13.2 Å². The van der Waals surface area contributed by atoms with Gasteiger partial charge in [0.15, 0.2) is 11.5 Å². The molecule has 0 aliphatic rings. The second kappa shape index (κ2) is 4.73. The van der Waals surface area contributed by atoms with E-state index in [9.17, 15) is 13.2 Å². The Morgan fingerprint density at radius 2 is 1.86 bits per heavy atom. The number of benzene rings is 1. The van der Waals surface area contributed by atoms with Crippen LogP contribution in [-0.4, -0.2) is 14.6 Å². The van der Waals surface area contributed by atoms with E-state index in [1.807, 2.05) is 0 Å². The van der Waals surface area contributed by atoms with Gasteiger partial charge in [0.2, 0.25) is 0 Å². The van der Waals surface area contributed by atoms with Crippen LogP contribution in [0.4, 0.5) is 18.9 Å². The SMILES string of the molecule is Nc1ccc2nnc(-c3cc(C(F)(F)F)ccc3Br)n2c1. The Hall–Kier alpha value is -2.09. The number of hydrogen-bond acceptors (Lipinski definition) is 3. The molecular weight excluding hydrogens is 349 g/mol. The van der Waals surface area contributed by atoms with Gasteiger partial charge in [-0.2, -0.15) is 13.2 Å². The Bertz CT molecular complexity index is 826. The average molecular weight is 357 g/mol. The van der Waals surface area contributed by atoms with Crippen LogP contribution < -0.4 is 5.73 Å². The largest absolute Gasteiger partial charge is 0.416 e. The Morgan fingerprint density at radius 1 is 1.10 bits per heavy atom. The molecule has 0 aliphatic heterocycles. The number of anilines is 1. The van der Waals surface area contributed by atoms with Crippen molar-refractivity contribution in [1.82, 2.24) is 14.6 Å². The summed E-state index contributed by atoms with van der Waals surface area (Å²) in [7, 11) is 0. The van der Waals surface area contributed by atoms with Crippen molar-refractivity contribution in [1.29, 1.82) is 0 Å². The molecule has 0 fully saturated rings. The van der Waals surface area contributed by atoms with E-state index in [1.54, 1.807) is 22.7 Å². The molecule has 2 N–H and O–H groups in total. The third-order valence-electron chi connectivity index (χ3n) is 2.96. The predicted molar refractivity (Wildman–Crippen MR) is 75.5 cm³/mol. The van der Waals surface area contributed by atoms with Crippen LogP contribution in [0.15, 0.2) is 41.0 Å². The lowest BCUT2D eigenvalue weighted by molar-refractivity contribution is -0.137. The van der Waals surface area contributed by atoms with Crippen LogP contribution in [0.2, 0.25) is 0 Å². The molecule has 3 rings (SSSR count). The topological polar surface area (TPSA) is 56.2 Å². The predicted octanol–water partition coefficient (Wildman–Crippen LogP) is 3.76. The van der Waals surface area contributed by atoms with E-state index in [0.717, 1.165) is 12.1 Å². The number of nitrogen functional groups attached to an aromatic ring is 1. The highest BCUT2D eigenvalue weighted by molar-refractivity contribution is 9.10. The first-order chi connectivity index (χ1) is 9.86. The van der Waals surface area contributed by atoms with Crippen LogP contribution in [0.25, 0.3) is 17.0 Å². The Labute approximate surface area is 125 Å². The smallest absolute Gasteiger partial charge is 0.398 e. The molecule has 0 saturated carbocycles. The van der Waals surface area contributed by atoms with Crippen LogP contribution in [-0.2, 0) is 6.18 Å². The molecule has 0 spiro atoms.